The van der Waals surface area contributed by atoms with E-state index < -0.39 is 0 Å². The van der Waals surface area contributed by atoms with E-state index in [-0.39, 0.29) is 0 Å². The molecule has 0 amide bonds. The summed E-state index contributed by atoms with van der Waals surface area (Å²) in [7, 11) is 2.06. The van der Waals surface area contributed by atoms with Gasteiger partial charge in [-0.25, -0.2) is 0 Å². The maximum Gasteiger partial charge on any atom is 0.0739 e. The predicted molar refractivity (Wildman–Crippen MR) is 89.3 cm³/mol. The van der Waals surface area contributed by atoms with Crippen molar-refractivity contribution in [1.29, 1.82) is 0 Å². The van der Waals surface area contributed by atoms with Gasteiger partial charge in [-0.2, -0.15) is 5.10 Å². The van der Waals surface area contributed by atoms with E-state index in [9.17, 15) is 0 Å². The normalized spacial score (nSPS) is 30.8. The van der Waals surface area contributed by atoms with Crippen LogP contribution in [0, 0.1) is 12.8 Å². The van der Waals surface area contributed by atoms with Crippen LogP contribution in [-0.2, 0) is 13.6 Å². The number of aryl methyl sites for hydroxylation is 2. The first-order chi connectivity index (χ1) is 9.95. The zero-order chi connectivity index (χ0) is 15.2. The van der Waals surface area contributed by atoms with E-state index >= 15 is 0 Å². The van der Waals surface area contributed by atoms with Gasteiger partial charge in [0.15, 0.2) is 0 Å². The smallest absolute Gasteiger partial charge is 0.0739 e. The molecule has 0 aromatic carbocycles. The second-order valence-corrected chi connectivity index (χ2v) is 7.76. The van der Waals surface area contributed by atoms with E-state index in [0.29, 0.717) is 11.6 Å². The Labute approximate surface area is 136 Å². The van der Waals surface area contributed by atoms with Gasteiger partial charge in [0, 0.05) is 38.3 Å². The van der Waals surface area contributed by atoms with Gasteiger partial charge in [0.2, 0.25) is 0 Å². The zero-order valence-electron chi connectivity index (χ0n) is 13.6. The fraction of sp³-hybridized carbons (Fsp3) is 0.812. The largest absolute Gasteiger partial charge is 0.311 e. The molecule has 1 aromatic heterocycles. The first kappa shape index (κ1) is 15.5. The standard InChI is InChI=1S/C16H27BrN4/c1-5-13-8-21(16(3,10-18-13)12-6-7-12)9-14-15(17)11(2)19-20(14)4/h12-13,18H,5-10H2,1-4H3. The lowest BCUT2D eigenvalue weighted by molar-refractivity contribution is 0.0250. The van der Waals surface area contributed by atoms with Crippen molar-refractivity contribution in [1.82, 2.24) is 20.0 Å². The summed E-state index contributed by atoms with van der Waals surface area (Å²) in [6.45, 7) is 10.0. The third kappa shape index (κ3) is 2.80. The fourth-order valence-corrected chi connectivity index (χ4v) is 4.12. The number of aromatic nitrogens is 2. The second kappa shape index (κ2) is 5.67. The molecular formula is C16H27BrN4. The van der Waals surface area contributed by atoms with Crippen LogP contribution in [0.4, 0.5) is 0 Å². The number of halogens is 1. The van der Waals surface area contributed by atoms with Gasteiger partial charge in [-0.1, -0.05) is 6.92 Å². The van der Waals surface area contributed by atoms with E-state index in [0.717, 1.165) is 31.2 Å². The molecule has 1 saturated heterocycles. The molecule has 2 heterocycles. The average molecular weight is 355 g/mol. The molecule has 3 rings (SSSR count). The van der Waals surface area contributed by atoms with Crippen LogP contribution < -0.4 is 5.32 Å². The Kier molecular flexibility index (Phi) is 4.19. The second-order valence-electron chi connectivity index (χ2n) is 6.97. The lowest BCUT2D eigenvalue weighted by atomic mass is 9.89. The lowest BCUT2D eigenvalue weighted by Gasteiger charge is -2.48. The molecule has 2 fully saturated rings. The number of nitrogens with zero attached hydrogens (tertiary/aromatic N) is 3. The highest BCUT2D eigenvalue weighted by Gasteiger charge is 2.48. The molecule has 1 N–H and O–H groups in total. The Balaban J connectivity index is 1.85. The number of piperazine rings is 1. The minimum atomic E-state index is 0.295. The monoisotopic (exact) mass is 354 g/mol. The summed E-state index contributed by atoms with van der Waals surface area (Å²) in [5, 5.41) is 8.31. The van der Waals surface area contributed by atoms with Crippen LogP contribution in [0.5, 0.6) is 0 Å². The molecule has 1 aliphatic carbocycles. The highest BCUT2D eigenvalue weighted by atomic mass is 79.9. The van der Waals surface area contributed by atoms with Gasteiger partial charge in [-0.05, 0) is 55.0 Å². The van der Waals surface area contributed by atoms with E-state index in [4.69, 9.17) is 0 Å². The molecule has 1 aliphatic heterocycles. The molecule has 2 aliphatic rings. The van der Waals surface area contributed by atoms with Crippen LogP contribution in [0.1, 0.15) is 44.5 Å². The zero-order valence-corrected chi connectivity index (χ0v) is 15.2. The van der Waals surface area contributed by atoms with Crippen molar-refractivity contribution < 1.29 is 0 Å². The molecule has 0 spiro atoms. The van der Waals surface area contributed by atoms with Gasteiger partial charge < -0.3 is 5.32 Å². The third-order valence-electron chi connectivity index (χ3n) is 5.46. The molecule has 1 saturated carbocycles. The Morgan fingerprint density at radius 1 is 1.43 bits per heavy atom. The number of hydrogen-bond donors (Lipinski definition) is 1. The van der Waals surface area contributed by atoms with Gasteiger partial charge in [0.05, 0.1) is 15.9 Å². The highest BCUT2D eigenvalue weighted by Crippen LogP contribution is 2.44. The van der Waals surface area contributed by atoms with Crippen LogP contribution in [0.15, 0.2) is 4.47 Å². The van der Waals surface area contributed by atoms with E-state index in [2.05, 4.69) is 59.1 Å². The summed E-state index contributed by atoms with van der Waals surface area (Å²) < 4.78 is 3.21. The van der Waals surface area contributed by atoms with Crippen LogP contribution in [0.2, 0.25) is 0 Å². The highest BCUT2D eigenvalue weighted by molar-refractivity contribution is 9.10. The summed E-state index contributed by atoms with van der Waals surface area (Å²) in [5.74, 6) is 0.857. The van der Waals surface area contributed by atoms with Crippen LogP contribution in [0.3, 0.4) is 0 Å². The summed E-state index contributed by atoms with van der Waals surface area (Å²) in [5.41, 5.74) is 2.68. The Bertz CT molecular complexity index is 523. The van der Waals surface area contributed by atoms with Crippen LogP contribution in [0.25, 0.3) is 0 Å². The predicted octanol–water partition coefficient (Wildman–Crippen LogP) is 2.84. The molecule has 1 aromatic rings. The number of rotatable bonds is 4. The van der Waals surface area contributed by atoms with Crippen LogP contribution >= 0.6 is 15.9 Å². The fourth-order valence-electron chi connectivity index (χ4n) is 3.66. The van der Waals surface area contributed by atoms with Crippen molar-refractivity contribution >= 4 is 15.9 Å². The summed E-state index contributed by atoms with van der Waals surface area (Å²) in [4.78, 5) is 2.70. The maximum absolute atomic E-state index is 4.55. The Morgan fingerprint density at radius 3 is 2.67 bits per heavy atom. The van der Waals surface area contributed by atoms with Gasteiger partial charge >= 0.3 is 0 Å². The molecule has 21 heavy (non-hydrogen) atoms. The molecule has 5 heteroatoms. The van der Waals surface area contributed by atoms with Crippen molar-refractivity contribution in [2.75, 3.05) is 13.1 Å². The maximum atomic E-state index is 4.55. The average Bonchev–Trinajstić information content (AvgIpc) is 3.27. The van der Waals surface area contributed by atoms with Crippen molar-refractivity contribution in [2.45, 2.75) is 58.2 Å². The SMILES string of the molecule is CCC1CN(Cc2c(Br)c(C)nn2C)C(C)(C2CC2)CN1. The summed E-state index contributed by atoms with van der Waals surface area (Å²) >= 11 is 3.72. The first-order valence-electron chi connectivity index (χ1n) is 8.12. The quantitative estimate of drug-likeness (QED) is 0.902. The van der Waals surface area contributed by atoms with Crippen molar-refractivity contribution in [3.8, 4) is 0 Å². The Morgan fingerprint density at radius 2 is 2.14 bits per heavy atom. The molecule has 4 nitrogen and oxygen atoms in total. The minimum Gasteiger partial charge on any atom is -0.311 e. The van der Waals surface area contributed by atoms with Crippen LogP contribution in [-0.4, -0.2) is 39.4 Å². The van der Waals surface area contributed by atoms with E-state index in [1.54, 1.807) is 0 Å². The third-order valence-corrected chi connectivity index (χ3v) is 6.50. The minimum absolute atomic E-state index is 0.295. The van der Waals surface area contributed by atoms with Gasteiger partial charge in [-0.3, -0.25) is 9.58 Å². The molecular weight excluding hydrogens is 328 g/mol. The number of nitrogens with one attached hydrogen (secondary N) is 1. The topological polar surface area (TPSA) is 33.1 Å². The number of hydrogen-bond acceptors (Lipinski definition) is 3. The molecule has 0 bridgehead atoms. The van der Waals surface area contributed by atoms with Gasteiger partial charge in [0.1, 0.15) is 0 Å². The first-order valence-corrected chi connectivity index (χ1v) is 8.91. The summed E-state index contributed by atoms with van der Waals surface area (Å²) in [6.07, 6.45) is 3.97. The Hall–Kier alpha value is -0.390. The lowest BCUT2D eigenvalue weighted by Crippen LogP contribution is -2.63. The van der Waals surface area contributed by atoms with Crippen molar-refractivity contribution in [3.63, 3.8) is 0 Å². The van der Waals surface area contributed by atoms with Crippen molar-refractivity contribution in [2.24, 2.45) is 13.0 Å². The summed E-state index contributed by atoms with van der Waals surface area (Å²) in [6, 6.07) is 0.616. The van der Waals surface area contributed by atoms with Crippen molar-refractivity contribution in [3.05, 3.63) is 15.9 Å². The molecule has 118 valence electrons. The molecule has 0 radical (unpaired) electrons. The molecule has 2 unspecified atom stereocenters. The van der Waals surface area contributed by atoms with Gasteiger partial charge in [0.25, 0.3) is 0 Å². The van der Waals surface area contributed by atoms with Gasteiger partial charge in [-0.15, -0.1) is 0 Å². The van der Waals surface area contributed by atoms with E-state index in [1.165, 1.54) is 29.4 Å². The molecule has 2 atom stereocenters. The van der Waals surface area contributed by atoms with E-state index in [1.807, 2.05) is 4.68 Å².